The number of aryl methyl sites for hydroxylation is 2. The van der Waals surface area contributed by atoms with Gasteiger partial charge in [-0.2, -0.15) is 11.8 Å². The molecule has 1 aromatic heterocycles. The Morgan fingerprint density at radius 1 is 1.67 bits per heavy atom. The Hall–Kier alpha value is -1.08. The van der Waals surface area contributed by atoms with Crippen LogP contribution in [0.1, 0.15) is 17.0 Å². The van der Waals surface area contributed by atoms with Gasteiger partial charge in [0.15, 0.2) is 0 Å². The van der Waals surface area contributed by atoms with Gasteiger partial charge in [-0.15, -0.1) is 11.3 Å². The number of amides is 1. The lowest BCUT2D eigenvalue weighted by molar-refractivity contribution is -0.140. The number of hydrogen-bond acceptors (Lipinski definition) is 5. The molecular weight excluding hydrogens is 272 g/mol. The molecule has 2 N–H and O–H groups in total. The zero-order valence-corrected chi connectivity index (χ0v) is 11.7. The summed E-state index contributed by atoms with van der Waals surface area (Å²) in [6.07, 6.45) is 1.84. The summed E-state index contributed by atoms with van der Waals surface area (Å²) in [6, 6.07) is -0.778. The summed E-state index contributed by atoms with van der Waals surface area (Å²) >= 11 is 3.34. The van der Waals surface area contributed by atoms with E-state index in [1.54, 1.807) is 23.1 Å². The fraction of sp³-hybridized carbons (Fsp3) is 0.545. The number of hydrogen-bond donors (Lipinski definition) is 2. The molecule has 1 amide bonds. The second-order valence-corrected chi connectivity index (χ2v) is 5.85. The van der Waals surface area contributed by atoms with E-state index in [2.05, 4.69) is 10.3 Å². The molecule has 0 aliphatic carbocycles. The summed E-state index contributed by atoms with van der Waals surface area (Å²) in [7, 11) is 0. The Balaban J connectivity index is 2.16. The molecule has 0 aromatic carbocycles. The standard InChI is InChI=1S/C11H16N2O3S2/c1-8-10(18-7-13-8)3-5-17-4-2-9(11(15)16)12-6-14/h6-7,9H,2-5H2,1H3,(H,12,14)(H,15,16). The summed E-state index contributed by atoms with van der Waals surface area (Å²) < 4.78 is 0. The molecule has 0 saturated carbocycles. The molecule has 1 heterocycles. The number of carbonyl (C=O) groups is 2. The first kappa shape index (κ1) is 15.0. The van der Waals surface area contributed by atoms with Gasteiger partial charge >= 0.3 is 5.97 Å². The van der Waals surface area contributed by atoms with E-state index in [1.165, 1.54) is 4.88 Å². The predicted molar refractivity (Wildman–Crippen MR) is 73.1 cm³/mol. The van der Waals surface area contributed by atoms with Crippen LogP contribution in [0.15, 0.2) is 5.51 Å². The largest absolute Gasteiger partial charge is 0.480 e. The Morgan fingerprint density at radius 3 is 3.00 bits per heavy atom. The fourth-order valence-electron chi connectivity index (χ4n) is 1.39. The minimum Gasteiger partial charge on any atom is -0.480 e. The number of nitrogens with one attached hydrogen (secondary N) is 1. The van der Waals surface area contributed by atoms with Crippen molar-refractivity contribution in [3.63, 3.8) is 0 Å². The highest BCUT2D eigenvalue weighted by molar-refractivity contribution is 7.99. The second kappa shape index (κ2) is 8.10. The molecule has 0 spiro atoms. The lowest BCUT2D eigenvalue weighted by Crippen LogP contribution is -2.36. The van der Waals surface area contributed by atoms with E-state index in [4.69, 9.17) is 5.11 Å². The van der Waals surface area contributed by atoms with E-state index in [9.17, 15) is 9.59 Å². The third-order valence-corrected chi connectivity index (χ3v) is 4.45. The molecule has 0 bridgehead atoms. The summed E-state index contributed by atoms with van der Waals surface area (Å²) in [4.78, 5) is 26.4. The molecule has 0 aliphatic heterocycles. The van der Waals surface area contributed by atoms with Crippen molar-refractivity contribution < 1.29 is 14.7 Å². The molecule has 0 radical (unpaired) electrons. The number of rotatable bonds is 9. The van der Waals surface area contributed by atoms with Gasteiger partial charge in [0, 0.05) is 4.88 Å². The first-order chi connectivity index (χ1) is 8.65. The second-order valence-electron chi connectivity index (χ2n) is 3.69. The van der Waals surface area contributed by atoms with Crippen LogP contribution in [0.2, 0.25) is 0 Å². The third kappa shape index (κ3) is 5.05. The Labute approximate surface area is 114 Å². The van der Waals surface area contributed by atoms with Crippen LogP contribution >= 0.6 is 23.1 Å². The van der Waals surface area contributed by atoms with Crippen LogP contribution < -0.4 is 5.32 Å². The predicted octanol–water partition coefficient (Wildman–Crippen LogP) is 1.32. The SMILES string of the molecule is Cc1ncsc1CCSCCC(NC=O)C(=O)O. The molecule has 1 rings (SSSR count). The maximum Gasteiger partial charge on any atom is 0.326 e. The summed E-state index contributed by atoms with van der Waals surface area (Å²) in [5, 5.41) is 11.1. The first-order valence-electron chi connectivity index (χ1n) is 5.54. The van der Waals surface area contributed by atoms with Crippen LogP contribution in [0.3, 0.4) is 0 Å². The topological polar surface area (TPSA) is 79.3 Å². The van der Waals surface area contributed by atoms with E-state index >= 15 is 0 Å². The monoisotopic (exact) mass is 288 g/mol. The van der Waals surface area contributed by atoms with Gasteiger partial charge in [0.25, 0.3) is 0 Å². The number of nitrogens with zero attached hydrogens (tertiary/aromatic N) is 1. The van der Waals surface area contributed by atoms with Crippen molar-refractivity contribution in [1.29, 1.82) is 0 Å². The number of carboxylic acids is 1. The van der Waals surface area contributed by atoms with Crippen LogP contribution in [0.5, 0.6) is 0 Å². The van der Waals surface area contributed by atoms with Gasteiger partial charge in [0.05, 0.1) is 11.2 Å². The van der Waals surface area contributed by atoms with Gasteiger partial charge < -0.3 is 10.4 Å². The van der Waals surface area contributed by atoms with Crippen LogP contribution in [0.4, 0.5) is 0 Å². The van der Waals surface area contributed by atoms with Gasteiger partial charge in [-0.1, -0.05) is 0 Å². The lowest BCUT2D eigenvalue weighted by Gasteiger charge is -2.10. The van der Waals surface area contributed by atoms with Crippen LogP contribution in [0.25, 0.3) is 0 Å². The maximum absolute atomic E-state index is 10.7. The molecule has 18 heavy (non-hydrogen) atoms. The van der Waals surface area contributed by atoms with E-state index in [1.807, 2.05) is 12.4 Å². The van der Waals surface area contributed by atoms with Crippen molar-refractivity contribution in [2.24, 2.45) is 0 Å². The molecule has 0 fully saturated rings. The highest BCUT2D eigenvalue weighted by Crippen LogP contribution is 2.16. The quantitative estimate of drug-likeness (QED) is 0.529. The van der Waals surface area contributed by atoms with Crippen molar-refractivity contribution in [3.05, 3.63) is 16.1 Å². The third-order valence-electron chi connectivity index (χ3n) is 2.44. The zero-order chi connectivity index (χ0) is 13.4. The number of thiazole rings is 1. The molecule has 100 valence electrons. The lowest BCUT2D eigenvalue weighted by atomic mass is 10.2. The Morgan fingerprint density at radius 2 is 2.44 bits per heavy atom. The number of carbonyl (C=O) groups excluding carboxylic acids is 1. The van der Waals surface area contributed by atoms with Crippen LogP contribution in [0, 0.1) is 6.92 Å². The smallest absolute Gasteiger partial charge is 0.326 e. The van der Waals surface area contributed by atoms with E-state index in [0.29, 0.717) is 12.8 Å². The fourth-order valence-corrected chi connectivity index (χ4v) is 3.26. The molecule has 7 heteroatoms. The normalized spacial score (nSPS) is 12.1. The summed E-state index contributed by atoms with van der Waals surface area (Å²) in [6.45, 7) is 1.99. The molecule has 5 nitrogen and oxygen atoms in total. The average Bonchev–Trinajstić information content (AvgIpc) is 2.73. The minimum absolute atomic E-state index is 0.435. The average molecular weight is 288 g/mol. The van der Waals surface area contributed by atoms with Crippen molar-refractivity contribution in [2.45, 2.75) is 25.8 Å². The van der Waals surface area contributed by atoms with Crippen molar-refractivity contribution in [1.82, 2.24) is 10.3 Å². The maximum atomic E-state index is 10.7. The Kier molecular flexibility index (Phi) is 6.74. The zero-order valence-electron chi connectivity index (χ0n) is 10.1. The van der Waals surface area contributed by atoms with E-state index in [-0.39, 0.29) is 0 Å². The van der Waals surface area contributed by atoms with Crippen molar-refractivity contribution >= 4 is 35.5 Å². The molecular formula is C11H16N2O3S2. The van der Waals surface area contributed by atoms with Gasteiger partial charge in [-0.05, 0) is 31.3 Å². The van der Waals surface area contributed by atoms with Crippen LogP contribution in [-0.2, 0) is 16.0 Å². The van der Waals surface area contributed by atoms with Crippen molar-refractivity contribution in [3.8, 4) is 0 Å². The highest BCUT2D eigenvalue weighted by atomic mass is 32.2. The summed E-state index contributed by atoms with van der Waals surface area (Å²) in [5.74, 6) is 0.674. The van der Waals surface area contributed by atoms with Gasteiger partial charge in [0.1, 0.15) is 6.04 Å². The number of aliphatic carboxylic acids is 1. The highest BCUT2D eigenvalue weighted by Gasteiger charge is 2.15. The number of thioether (sulfide) groups is 1. The Bertz CT molecular complexity index is 395. The van der Waals surface area contributed by atoms with Gasteiger partial charge in [0.2, 0.25) is 6.41 Å². The van der Waals surface area contributed by atoms with E-state index < -0.39 is 12.0 Å². The number of carboxylic acid groups (broad SMARTS) is 1. The molecule has 1 atom stereocenters. The molecule has 1 aromatic rings. The van der Waals surface area contributed by atoms with E-state index in [0.717, 1.165) is 23.6 Å². The first-order valence-corrected chi connectivity index (χ1v) is 7.57. The molecule has 0 saturated heterocycles. The van der Waals surface area contributed by atoms with Crippen LogP contribution in [-0.4, -0.2) is 40.0 Å². The minimum atomic E-state index is -0.985. The molecule has 1 unspecified atom stereocenters. The summed E-state index contributed by atoms with van der Waals surface area (Å²) in [5.41, 5.74) is 2.91. The number of aromatic nitrogens is 1. The van der Waals surface area contributed by atoms with Crippen molar-refractivity contribution in [2.75, 3.05) is 11.5 Å². The van der Waals surface area contributed by atoms with Gasteiger partial charge in [-0.25, -0.2) is 9.78 Å². The molecule has 0 aliphatic rings. The van der Waals surface area contributed by atoms with Gasteiger partial charge in [-0.3, -0.25) is 4.79 Å².